The third-order valence-electron chi connectivity index (χ3n) is 10.9. The average molecular weight is 698 g/mol. The molecule has 0 spiro atoms. The smallest absolute Gasteiger partial charge is 0.164 e. The molecule has 0 saturated carbocycles. The van der Waals surface area contributed by atoms with Crippen LogP contribution >= 0.6 is 11.3 Å². The zero-order valence-electron chi connectivity index (χ0n) is 29.1. The first-order valence-electron chi connectivity index (χ1n) is 17.9. The second kappa shape index (κ2) is 11.3. The Morgan fingerprint density at radius 3 is 1.94 bits per heavy atom. The molecule has 0 bridgehead atoms. The lowest BCUT2D eigenvalue weighted by Gasteiger charge is -2.22. The standard InChI is InChI=1S/C48H31N3OS/c1-48(2)38-23-22-35-33-15-6-8-17-40(33)52-44(35)43(38)36-21-19-30(27-39(36)48)29-13-10-14-31(25-29)46-49-45(28-11-4-3-5-12-28)50-47(51-46)32-20-24-42-37(26-32)34-16-7-9-18-41(34)53-42/h3-27H,1-2H3. The highest BCUT2D eigenvalue weighted by molar-refractivity contribution is 7.25. The van der Waals surface area contributed by atoms with Crippen molar-refractivity contribution in [3.63, 3.8) is 0 Å². The highest BCUT2D eigenvalue weighted by Crippen LogP contribution is 2.53. The number of fused-ring (bicyclic) bond motifs is 10. The van der Waals surface area contributed by atoms with E-state index in [4.69, 9.17) is 19.4 Å². The fraction of sp³-hybridized carbons (Fsp3) is 0.0625. The van der Waals surface area contributed by atoms with Crippen LogP contribution in [0.4, 0.5) is 0 Å². The van der Waals surface area contributed by atoms with Crippen LogP contribution in [0.3, 0.4) is 0 Å². The predicted octanol–water partition coefficient (Wildman–Crippen LogP) is 13.1. The number of rotatable bonds is 4. The zero-order chi connectivity index (χ0) is 35.3. The number of hydrogen-bond acceptors (Lipinski definition) is 5. The SMILES string of the molecule is CC1(C)c2cc(-c3cccc(-c4nc(-c5ccccc5)nc(-c5ccc6sc7ccccc7c6c5)n4)c3)ccc2-c2c1ccc1c2oc2ccccc21. The van der Waals surface area contributed by atoms with Gasteiger partial charge in [0.1, 0.15) is 11.2 Å². The van der Waals surface area contributed by atoms with E-state index in [0.717, 1.165) is 49.8 Å². The minimum atomic E-state index is -0.186. The summed E-state index contributed by atoms with van der Waals surface area (Å²) in [5.74, 6) is 1.96. The van der Waals surface area contributed by atoms with Crippen molar-refractivity contribution < 1.29 is 4.42 Å². The lowest BCUT2D eigenvalue weighted by atomic mass is 9.81. The maximum Gasteiger partial charge on any atom is 0.164 e. The van der Waals surface area contributed by atoms with Crippen LogP contribution in [0.5, 0.6) is 0 Å². The summed E-state index contributed by atoms with van der Waals surface area (Å²) in [6.45, 7) is 4.64. The Labute approximate surface area is 310 Å². The Kier molecular flexibility index (Phi) is 6.43. The van der Waals surface area contributed by atoms with Crippen molar-refractivity contribution in [2.45, 2.75) is 19.3 Å². The monoisotopic (exact) mass is 697 g/mol. The van der Waals surface area contributed by atoms with E-state index in [2.05, 4.69) is 141 Å². The summed E-state index contributed by atoms with van der Waals surface area (Å²) < 4.78 is 9.06. The maximum absolute atomic E-state index is 6.53. The molecule has 5 heteroatoms. The lowest BCUT2D eigenvalue weighted by molar-refractivity contribution is 0.653. The van der Waals surface area contributed by atoms with Crippen LogP contribution in [0, 0.1) is 0 Å². The van der Waals surface area contributed by atoms with Crippen molar-refractivity contribution >= 4 is 53.4 Å². The Hall–Kier alpha value is -6.43. The molecule has 0 saturated heterocycles. The van der Waals surface area contributed by atoms with E-state index >= 15 is 0 Å². The van der Waals surface area contributed by atoms with E-state index in [0.29, 0.717) is 17.5 Å². The van der Waals surface area contributed by atoms with Crippen LogP contribution in [0.2, 0.25) is 0 Å². The van der Waals surface area contributed by atoms with Crippen molar-refractivity contribution in [1.82, 2.24) is 15.0 Å². The molecule has 0 aliphatic heterocycles. The zero-order valence-corrected chi connectivity index (χ0v) is 29.9. The molecule has 7 aromatic carbocycles. The predicted molar refractivity (Wildman–Crippen MR) is 219 cm³/mol. The molecule has 3 aromatic heterocycles. The van der Waals surface area contributed by atoms with Gasteiger partial charge in [-0.3, -0.25) is 0 Å². The molecule has 4 nitrogen and oxygen atoms in total. The lowest BCUT2D eigenvalue weighted by Crippen LogP contribution is -2.14. The fourth-order valence-corrected chi connectivity index (χ4v) is 9.32. The normalized spacial score (nSPS) is 13.2. The number of para-hydroxylation sites is 1. The minimum absolute atomic E-state index is 0.186. The average Bonchev–Trinajstić information content (AvgIpc) is 3.85. The summed E-state index contributed by atoms with van der Waals surface area (Å²) in [6.07, 6.45) is 0. The van der Waals surface area contributed by atoms with Crippen LogP contribution in [-0.2, 0) is 5.41 Å². The van der Waals surface area contributed by atoms with Crippen LogP contribution in [-0.4, -0.2) is 15.0 Å². The molecular weight excluding hydrogens is 667 g/mol. The Balaban J connectivity index is 1.03. The van der Waals surface area contributed by atoms with Gasteiger partial charge in [-0.25, -0.2) is 15.0 Å². The molecule has 10 aromatic rings. The second-order valence-corrected chi connectivity index (χ2v) is 15.5. The van der Waals surface area contributed by atoms with Crippen LogP contribution in [0.15, 0.2) is 156 Å². The van der Waals surface area contributed by atoms with Gasteiger partial charge in [0.15, 0.2) is 17.5 Å². The maximum atomic E-state index is 6.53. The molecule has 1 aliphatic rings. The van der Waals surface area contributed by atoms with Gasteiger partial charge in [0.2, 0.25) is 0 Å². The first-order chi connectivity index (χ1) is 26.0. The number of nitrogens with zero attached hydrogens (tertiary/aromatic N) is 3. The molecule has 0 fully saturated rings. The van der Waals surface area contributed by atoms with Crippen LogP contribution < -0.4 is 0 Å². The Bertz CT molecular complexity index is 3100. The van der Waals surface area contributed by atoms with Gasteiger partial charge in [-0.15, -0.1) is 11.3 Å². The molecule has 250 valence electrons. The van der Waals surface area contributed by atoms with Gasteiger partial charge in [-0.2, -0.15) is 0 Å². The highest BCUT2D eigenvalue weighted by atomic mass is 32.1. The van der Waals surface area contributed by atoms with Crippen molar-refractivity contribution in [2.75, 3.05) is 0 Å². The van der Waals surface area contributed by atoms with Gasteiger partial charge in [0.05, 0.1) is 0 Å². The van der Waals surface area contributed by atoms with E-state index in [-0.39, 0.29) is 5.41 Å². The van der Waals surface area contributed by atoms with Gasteiger partial charge in [-0.1, -0.05) is 123 Å². The van der Waals surface area contributed by atoms with E-state index in [1.807, 2.05) is 35.6 Å². The van der Waals surface area contributed by atoms with Crippen molar-refractivity contribution in [3.05, 3.63) is 163 Å². The summed E-state index contributed by atoms with van der Waals surface area (Å²) in [5, 5.41) is 4.79. The summed E-state index contributed by atoms with van der Waals surface area (Å²) in [5.41, 5.74) is 11.9. The van der Waals surface area contributed by atoms with E-state index in [1.54, 1.807) is 0 Å². The van der Waals surface area contributed by atoms with Crippen LogP contribution in [0.1, 0.15) is 25.0 Å². The topological polar surface area (TPSA) is 51.8 Å². The Morgan fingerprint density at radius 1 is 0.453 bits per heavy atom. The molecule has 0 radical (unpaired) electrons. The van der Waals surface area contributed by atoms with Crippen molar-refractivity contribution in [3.8, 4) is 56.4 Å². The van der Waals surface area contributed by atoms with E-state index in [9.17, 15) is 0 Å². The molecule has 11 rings (SSSR count). The van der Waals surface area contributed by atoms with Gasteiger partial charge < -0.3 is 4.42 Å². The molecule has 1 aliphatic carbocycles. The third kappa shape index (κ3) is 4.64. The number of aromatic nitrogens is 3. The summed E-state index contributed by atoms with van der Waals surface area (Å²) >= 11 is 1.81. The second-order valence-electron chi connectivity index (χ2n) is 14.4. The van der Waals surface area contributed by atoms with Crippen molar-refractivity contribution in [1.29, 1.82) is 0 Å². The number of furan rings is 1. The van der Waals surface area contributed by atoms with Gasteiger partial charge >= 0.3 is 0 Å². The molecule has 0 amide bonds. The molecule has 0 atom stereocenters. The van der Waals surface area contributed by atoms with Gasteiger partial charge in [0.25, 0.3) is 0 Å². The minimum Gasteiger partial charge on any atom is -0.455 e. The molecule has 53 heavy (non-hydrogen) atoms. The largest absolute Gasteiger partial charge is 0.455 e. The Morgan fingerprint density at radius 2 is 1.09 bits per heavy atom. The van der Waals surface area contributed by atoms with E-state index in [1.165, 1.54) is 42.4 Å². The summed E-state index contributed by atoms with van der Waals surface area (Å²) in [6, 6.07) is 53.6. The number of thiophene rings is 1. The summed E-state index contributed by atoms with van der Waals surface area (Å²) in [4.78, 5) is 15.2. The number of benzene rings is 7. The first-order valence-corrected chi connectivity index (χ1v) is 18.7. The van der Waals surface area contributed by atoms with Gasteiger partial charge in [-0.05, 0) is 70.3 Å². The molecule has 0 N–H and O–H groups in total. The van der Waals surface area contributed by atoms with Gasteiger partial charge in [0, 0.05) is 58.6 Å². The van der Waals surface area contributed by atoms with Crippen LogP contribution in [0.25, 0.3) is 98.5 Å². The third-order valence-corrected chi connectivity index (χ3v) is 12.1. The molecule has 3 heterocycles. The van der Waals surface area contributed by atoms with Crippen molar-refractivity contribution in [2.24, 2.45) is 0 Å². The first kappa shape index (κ1) is 30.2. The molecule has 0 unspecified atom stereocenters. The summed E-state index contributed by atoms with van der Waals surface area (Å²) in [7, 11) is 0. The highest BCUT2D eigenvalue weighted by Gasteiger charge is 2.38. The molecular formula is C48H31N3OS. The number of hydrogen-bond donors (Lipinski definition) is 0. The quantitative estimate of drug-likeness (QED) is 0.184. The van der Waals surface area contributed by atoms with E-state index < -0.39 is 0 Å². The fourth-order valence-electron chi connectivity index (χ4n) is 8.23.